The molecular weight excluding hydrogens is 336 g/mol. The number of nitro benzene ring substituents is 1. The molecule has 0 aliphatic rings. The zero-order chi connectivity index (χ0) is 17.4. The first-order valence-electron chi connectivity index (χ1n) is 6.08. The average Bonchev–Trinajstić information content (AvgIpc) is 2.55. The summed E-state index contributed by atoms with van der Waals surface area (Å²) in [4.78, 5) is 23.6. The number of methoxy groups -OCH3 is 1. The second-order valence-corrected chi connectivity index (χ2v) is 4.42. The molecule has 0 heterocycles. The van der Waals surface area contributed by atoms with Crippen LogP contribution < -0.4 is 0 Å². The molecule has 1 N–H and O–H groups in total. The highest BCUT2D eigenvalue weighted by atomic mass is 35.5. The predicted molar refractivity (Wildman–Crippen MR) is 90.5 cm³/mol. The first-order valence-corrected chi connectivity index (χ1v) is 6.46. The van der Waals surface area contributed by atoms with Gasteiger partial charge in [-0.15, -0.1) is 0 Å². The van der Waals surface area contributed by atoms with Gasteiger partial charge in [-0.05, 0) is 18.2 Å². The van der Waals surface area contributed by atoms with Gasteiger partial charge in [0.1, 0.15) is 16.3 Å². The highest BCUT2D eigenvalue weighted by molar-refractivity contribution is 6.32. The molecule has 7 nitrogen and oxygen atoms in total. The minimum absolute atomic E-state index is 0. The number of hydrogen-bond donors (Lipinski definition) is 1. The maximum absolute atomic E-state index is 10.9. The van der Waals surface area contributed by atoms with Crippen molar-refractivity contribution in [3.05, 3.63) is 74.6 Å². The summed E-state index contributed by atoms with van der Waals surface area (Å²) in [5, 5.41) is 19.5. The second-order valence-electron chi connectivity index (χ2n) is 4.01. The van der Waals surface area contributed by atoms with Crippen LogP contribution in [0.1, 0.15) is 17.8 Å². The van der Waals surface area contributed by atoms with Gasteiger partial charge in [0.2, 0.25) is 0 Å². The fraction of sp³-hybridized carbons (Fsp3) is 0.125. The van der Waals surface area contributed by atoms with Gasteiger partial charge < -0.3 is 9.84 Å². The van der Waals surface area contributed by atoms with Crippen LogP contribution in [-0.2, 0) is 4.74 Å². The number of para-hydroxylation sites is 1. The standard InChI is InChI=1S/C8H8O3.C7H3ClN2O2.CH4/c1-11-8(10)6-4-2-3-5-7(6)9;1-9-5-2-3-6(8)7(4-5)10(11)12;/h2-5,9H,1H3;2-4H;1H4. The van der Waals surface area contributed by atoms with E-state index in [1.165, 1.54) is 31.4 Å². The third kappa shape index (κ3) is 5.59. The van der Waals surface area contributed by atoms with Gasteiger partial charge in [-0.25, -0.2) is 9.64 Å². The predicted octanol–water partition coefficient (Wildman–Crippen LogP) is 4.61. The van der Waals surface area contributed by atoms with E-state index in [0.29, 0.717) is 0 Å². The summed E-state index contributed by atoms with van der Waals surface area (Å²) in [6, 6.07) is 10.2. The average molecular weight is 351 g/mol. The number of hydrogen-bond acceptors (Lipinski definition) is 5. The van der Waals surface area contributed by atoms with Crippen LogP contribution in [0.5, 0.6) is 5.75 Å². The van der Waals surface area contributed by atoms with Crippen LogP contribution in [0, 0.1) is 16.7 Å². The normalized spacial score (nSPS) is 8.71. The molecule has 0 aliphatic heterocycles. The number of halogens is 1. The lowest BCUT2D eigenvalue weighted by molar-refractivity contribution is -0.384. The lowest BCUT2D eigenvalue weighted by atomic mass is 10.2. The lowest BCUT2D eigenvalue weighted by Gasteiger charge is -1.99. The molecular formula is C16H15ClN2O5. The molecule has 0 atom stereocenters. The Morgan fingerprint density at radius 1 is 1.33 bits per heavy atom. The summed E-state index contributed by atoms with van der Waals surface area (Å²) in [6.45, 7) is 6.61. The smallest absolute Gasteiger partial charge is 0.341 e. The number of phenolic OH excluding ortho intramolecular Hbond substituents is 1. The Labute approximate surface area is 144 Å². The number of carbonyl (C=O) groups is 1. The summed E-state index contributed by atoms with van der Waals surface area (Å²) in [7, 11) is 1.27. The Hall–Kier alpha value is -3.11. The van der Waals surface area contributed by atoms with Gasteiger partial charge in [-0.2, -0.15) is 0 Å². The molecule has 0 saturated carbocycles. The molecule has 0 radical (unpaired) electrons. The van der Waals surface area contributed by atoms with Gasteiger partial charge >= 0.3 is 5.97 Å². The van der Waals surface area contributed by atoms with Crippen molar-refractivity contribution in [3.8, 4) is 5.75 Å². The number of nitrogens with zero attached hydrogens (tertiary/aromatic N) is 2. The van der Waals surface area contributed by atoms with Crippen molar-refractivity contribution >= 4 is 28.9 Å². The summed E-state index contributed by atoms with van der Waals surface area (Å²) >= 11 is 5.50. The third-order valence-corrected chi connectivity index (χ3v) is 2.88. The molecule has 0 spiro atoms. The molecule has 2 rings (SSSR count). The third-order valence-electron chi connectivity index (χ3n) is 2.56. The Morgan fingerprint density at radius 2 is 1.96 bits per heavy atom. The number of aromatic hydroxyl groups is 1. The van der Waals surface area contributed by atoms with E-state index in [4.69, 9.17) is 23.3 Å². The fourth-order valence-electron chi connectivity index (χ4n) is 1.47. The molecule has 8 heteroatoms. The van der Waals surface area contributed by atoms with E-state index in [0.717, 1.165) is 6.07 Å². The molecule has 2 aromatic carbocycles. The largest absolute Gasteiger partial charge is 0.507 e. The van der Waals surface area contributed by atoms with E-state index >= 15 is 0 Å². The quantitative estimate of drug-likeness (QED) is 0.369. The molecule has 0 saturated heterocycles. The van der Waals surface area contributed by atoms with Gasteiger partial charge in [0.05, 0.1) is 18.6 Å². The number of nitro groups is 1. The van der Waals surface area contributed by atoms with Gasteiger partial charge in [-0.1, -0.05) is 37.2 Å². The zero-order valence-electron chi connectivity index (χ0n) is 11.9. The maximum atomic E-state index is 10.9. The number of benzene rings is 2. The summed E-state index contributed by atoms with van der Waals surface area (Å²) < 4.78 is 4.42. The molecule has 0 bridgehead atoms. The van der Waals surface area contributed by atoms with Crippen LogP contribution in [0.15, 0.2) is 42.5 Å². The maximum Gasteiger partial charge on any atom is 0.341 e. The molecule has 2 aromatic rings. The molecule has 126 valence electrons. The van der Waals surface area contributed by atoms with Crippen LogP contribution >= 0.6 is 11.6 Å². The fourth-order valence-corrected chi connectivity index (χ4v) is 1.65. The Morgan fingerprint density at radius 3 is 2.46 bits per heavy atom. The van der Waals surface area contributed by atoms with Crippen molar-refractivity contribution in [1.29, 1.82) is 0 Å². The van der Waals surface area contributed by atoms with E-state index in [2.05, 4.69) is 9.58 Å². The van der Waals surface area contributed by atoms with Crippen molar-refractivity contribution in [2.45, 2.75) is 7.43 Å². The van der Waals surface area contributed by atoms with E-state index in [-0.39, 0.29) is 35.1 Å². The number of phenols is 1. The Bertz CT molecular complexity index is 771. The van der Waals surface area contributed by atoms with Gasteiger partial charge in [-0.3, -0.25) is 10.1 Å². The zero-order valence-corrected chi connectivity index (χ0v) is 12.6. The number of esters is 1. The highest BCUT2D eigenvalue weighted by Crippen LogP contribution is 2.28. The van der Waals surface area contributed by atoms with Gasteiger partial charge in [0, 0.05) is 6.07 Å². The second kappa shape index (κ2) is 9.82. The molecule has 0 amide bonds. The molecule has 0 unspecified atom stereocenters. The van der Waals surface area contributed by atoms with Crippen LogP contribution in [0.25, 0.3) is 4.85 Å². The summed E-state index contributed by atoms with van der Waals surface area (Å²) in [5.41, 5.74) is 0.172. The lowest BCUT2D eigenvalue weighted by Crippen LogP contribution is -2.00. The van der Waals surface area contributed by atoms with E-state index < -0.39 is 10.9 Å². The number of carbonyl (C=O) groups excluding carboxylic acids is 1. The molecule has 0 aromatic heterocycles. The van der Waals surface area contributed by atoms with Crippen molar-refractivity contribution in [2.24, 2.45) is 0 Å². The molecule has 0 fully saturated rings. The van der Waals surface area contributed by atoms with E-state index in [9.17, 15) is 14.9 Å². The van der Waals surface area contributed by atoms with E-state index in [1.807, 2.05) is 0 Å². The highest BCUT2D eigenvalue weighted by Gasteiger charge is 2.11. The van der Waals surface area contributed by atoms with Crippen molar-refractivity contribution in [2.75, 3.05) is 7.11 Å². The first kappa shape index (κ1) is 20.9. The molecule has 0 aliphatic carbocycles. The van der Waals surface area contributed by atoms with Crippen LogP contribution in [0.4, 0.5) is 11.4 Å². The van der Waals surface area contributed by atoms with Crippen LogP contribution in [0.3, 0.4) is 0 Å². The SMILES string of the molecule is C.COC(=O)c1ccccc1O.[C-]#[N+]c1ccc(Cl)c([N+](=O)[O-])c1. The molecule has 24 heavy (non-hydrogen) atoms. The van der Waals surface area contributed by atoms with Crippen molar-refractivity contribution in [3.63, 3.8) is 0 Å². The Balaban J connectivity index is 0.000000425. The van der Waals surface area contributed by atoms with Gasteiger partial charge in [0.15, 0.2) is 5.69 Å². The number of ether oxygens (including phenoxy) is 1. The van der Waals surface area contributed by atoms with Crippen LogP contribution in [-0.4, -0.2) is 23.1 Å². The van der Waals surface area contributed by atoms with Crippen LogP contribution in [0.2, 0.25) is 5.02 Å². The Kier molecular flexibility index (Phi) is 8.54. The monoisotopic (exact) mass is 350 g/mol. The van der Waals surface area contributed by atoms with Crippen molar-refractivity contribution in [1.82, 2.24) is 0 Å². The van der Waals surface area contributed by atoms with E-state index in [1.54, 1.807) is 12.1 Å². The van der Waals surface area contributed by atoms with Crippen molar-refractivity contribution < 1.29 is 19.6 Å². The summed E-state index contributed by atoms with van der Waals surface area (Å²) in [6.07, 6.45) is 0. The minimum Gasteiger partial charge on any atom is -0.507 e. The van der Waals surface area contributed by atoms with Gasteiger partial charge in [0.25, 0.3) is 5.69 Å². The first-order chi connectivity index (χ1) is 10.9. The number of rotatable bonds is 2. The minimum atomic E-state index is -0.614. The topological polar surface area (TPSA) is 94.0 Å². The summed E-state index contributed by atoms with van der Waals surface area (Å²) in [5.74, 6) is -0.581.